The lowest BCUT2D eigenvalue weighted by Gasteiger charge is -2.17. The Kier molecular flexibility index (Phi) is 5.56. The van der Waals surface area contributed by atoms with Crippen molar-refractivity contribution in [1.29, 1.82) is 0 Å². The van der Waals surface area contributed by atoms with Crippen LogP contribution in [0.1, 0.15) is 18.5 Å². The van der Waals surface area contributed by atoms with Crippen LogP contribution in [-0.4, -0.2) is 5.11 Å². The molecule has 2 N–H and O–H groups in total. The highest BCUT2D eigenvalue weighted by Gasteiger charge is 2.08. The van der Waals surface area contributed by atoms with Gasteiger partial charge in [0, 0.05) is 10.2 Å². The van der Waals surface area contributed by atoms with Crippen molar-refractivity contribution in [3.8, 4) is 0 Å². The Labute approximate surface area is 141 Å². The quantitative estimate of drug-likeness (QED) is 0.700. The molecule has 0 fully saturated rings. The van der Waals surface area contributed by atoms with Crippen molar-refractivity contribution in [2.45, 2.75) is 13.0 Å². The Morgan fingerprint density at radius 3 is 2.52 bits per heavy atom. The second kappa shape index (κ2) is 7.20. The van der Waals surface area contributed by atoms with Gasteiger partial charge in [-0.3, -0.25) is 0 Å². The van der Waals surface area contributed by atoms with E-state index >= 15 is 0 Å². The van der Waals surface area contributed by atoms with Gasteiger partial charge in [-0.2, -0.15) is 0 Å². The van der Waals surface area contributed by atoms with Gasteiger partial charge in [-0.15, -0.1) is 0 Å². The maximum Gasteiger partial charge on any atom is 0.171 e. The number of rotatable bonds is 3. The molecule has 6 heteroatoms. The molecular weight excluding hydrogens is 375 g/mol. The molecule has 0 saturated heterocycles. The van der Waals surface area contributed by atoms with Gasteiger partial charge in [0.1, 0.15) is 5.82 Å². The van der Waals surface area contributed by atoms with Gasteiger partial charge in [0.05, 0.1) is 11.1 Å². The Bertz CT molecular complexity index is 649. The summed E-state index contributed by atoms with van der Waals surface area (Å²) in [5.74, 6) is -0.254. The Balaban J connectivity index is 1.97. The molecule has 0 aliphatic heterocycles. The van der Waals surface area contributed by atoms with Gasteiger partial charge < -0.3 is 10.6 Å². The smallest absolute Gasteiger partial charge is 0.171 e. The summed E-state index contributed by atoms with van der Waals surface area (Å²) in [4.78, 5) is 0. The maximum absolute atomic E-state index is 12.9. The molecular formula is C15H13BrClFN2S. The number of nitrogens with one attached hydrogen (secondary N) is 2. The number of hydrogen-bond acceptors (Lipinski definition) is 1. The molecule has 2 rings (SSSR count). The van der Waals surface area contributed by atoms with Crippen molar-refractivity contribution in [2.24, 2.45) is 0 Å². The molecule has 2 aromatic carbocycles. The van der Waals surface area contributed by atoms with Gasteiger partial charge in [-0.1, -0.05) is 23.7 Å². The molecule has 0 aromatic heterocycles. The van der Waals surface area contributed by atoms with Crippen molar-refractivity contribution >= 4 is 50.5 Å². The predicted molar refractivity (Wildman–Crippen MR) is 93.3 cm³/mol. The number of halogens is 3. The second-order valence-electron chi connectivity index (χ2n) is 4.50. The second-order valence-corrected chi connectivity index (χ2v) is 6.17. The Morgan fingerprint density at radius 2 is 1.90 bits per heavy atom. The zero-order chi connectivity index (χ0) is 15.4. The van der Waals surface area contributed by atoms with Crippen LogP contribution in [0.5, 0.6) is 0 Å². The van der Waals surface area contributed by atoms with E-state index < -0.39 is 0 Å². The average Bonchev–Trinajstić information content (AvgIpc) is 2.43. The van der Waals surface area contributed by atoms with Crippen LogP contribution in [0, 0.1) is 5.82 Å². The topological polar surface area (TPSA) is 24.1 Å². The van der Waals surface area contributed by atoms with Crippen molar-refractivity contribution in [3.63, 3.8) is 0 Å². The van der Waals surface area contributed by atoms with Crippen molar-refractivity contribution in [3.05, 3.63) is 63.3 Å². The summed E-state index contributed by atoms with van der Waals surface area (Å²) in [6.07, 6.45) is 0. The summed E-state index contributed by atoms with van der Waals surface area (Å²) in [5.41, 5.74) is 1.75. The number of thiocarbonyl (C=S) groups is 1. The first kappa shape index (κ1) is 16.2. The van der Waals surface area contributed by atoms with Gasteiger partial charge in [0.2, 0.25) is 0 Å². The minimum Gasteiger partial charge on any atom is -0.356 e. The van der Waals surface area contributed by atoms with Crippen LogP contribution in [0.25, 0.3) is 0 Å². The maximum atomic E-state index is 12.9. The number of benzene rings is 2. The van der Waals surface area contributed by atoms with E-state index in [2.05, 4.69) is 26.6 Å². The minimum absolute atomic E-state index is 0.0310. The van der Waals surface area contributed by atoms with E-state index in [0.29, 0.717) is 10.1 Å². The molecule has 0 spiro atoms. The molecule has 110 valence electrons. The molecule has 0 heterocycles. The van der Waals surface area contributed by atoms with Gasteiger partial charge in [-0.05, 0) is 71.0 Å². The van der Waals surface area contributed by atoms with Crippen LogP contribution in [0.3, 0.4) is 0 Å². The van der Waals surface area contributed by atoms with E-state index in [1.165, 1.54) is 12.1 Å². The van der Waals surface area contributed by atoms with E-state index in [1.54, 1.807) is 18.2 Å². The van der Waals surface area contributed by atoms with Gasteiger partial charge in [0.15, 0.2) is 5.11 Å². The van der Waals surface area contributed by atoms with Crippen LogP contribution in [0.4, 0.5) is 10.1 Å². The van der Waals surface area contributed by atoms with Crippen molar-refractivity contribution < 1.29 is 4.39 Å². The standard InChI is InChI=1S/C15H13BrClFN2S/c1-9(10-2-4-11(18)5-3-10)19-15(21)20-12-6-7-13(16)14(17)8-12/h2-9H,1H3,(H2,19,20,21). The van der Waals surface area contributed by atoms with Crippen LogP contribution in [-0.2, 0) is 0 Å². The van der Waals surface area contributed by atoms with E-state index in [0.717, 1.165) is 15.7 Å². The highest BCUT2D eigenvalue weighted by molar-refractivity contribution is 9.10. The third-order valence-corrected chi connectivity index (χ3v) is 4.35. The summed E-state index contributed by atoms with van der Waals surface area (Å²) in [5, 5.41) is 7.29. The molecule has 0 aliphatic carbocycles. The largest absolute Gasteiger partial charge is 0.356 e. The molecule has 2 nitrogen and oxygen atoms in total. The summed E-state index contributed by atoms with van der Waals surface area (Å²) in [6.45, 7) is 1.95. The first-order valence-electron chi connectivity index (χ1n) is 6.24. The molecule has 1 unspecified atom stereocenters. The summed E-state index contributed by atoms with van der Waals surface area (Å²) >= 11 is 14.6. The van der Waals surface area contributed by atoms with E-state index in [4.69, 9.17) is 23.8 Å². The molecule has 1 atom stereocenters. The fourth-order valence-electron chi connectivity index (χ4n) is 1.77. The third-order valence-electron chi connectivity index (χ3n) is 2.90. The summed E-state index contributed by atoms with van der Waals surface area (Å²) in [6, 6.07) is 11.8. The van der Waals surface area contributed by atoms with Gasteiger partial charge in [-0.25, -0.2) is 4.39 Å². The van der Waals surface area contributed by atoms with E-state index in [9.17, 15) is 4.39 Å². The minimum atomic E-state index is -0.254. The average molecular weight is 388 g/mol. The monoisotopic (exact) mass is 386 g/mol. The van der Waals surface area contributed by atoms with Crippen LogP contribution >= 0.6 is 39.7 Å². The first-order valence-corrected chi connectivity index (χ1v) is 7.81. The van der Waals surface area contributed by atoms with Gasteiger partial charge >= 0.3 is 0 Å². The van der Waals surface area contributed by atoms with Crippen molar-refractivity contribution in [1.82, 2.24) is 5.32 Å². The van der Waals surface area contributed by atoms with Crippen LogP contribution in [0.2, 0.25) is 5.02 Å². The highest BCUT2D eigenvalue weighted by Crippen LogP contribution is 2.25. The van der Waals surface area contributed by atoms with E-state index in [1.807, 2.05) is 19.1 Å². The summed E-state index contributed by atoms with van der Waals surface area (Å²) < 4.78 is 13.7. The zero-order valence-electron chi connectivity index (χ0n) is 11.2. The fraction of sp³-hybridized carbons (Fsp3) is 0.133. The first-order chi connectivity index (χ1) is 9.95. The molecule has 0 saturated carbocycles. The zero-order valence-corrected chi connectivity index (χ0v) is 14.3. The molecule has 0 aliphatic rings. The predicted octanol–water partition coefficient (Wildman–Crippen LogP) is 5.29. The van der Waals surface area contributed by atoms with Gasteiger partial charge in [0.25, 0.3) is 0 Å². The number of hydrogen-bond donors (Lipinski definition) is 2. The Hall–Kier alpha value is -1.17. The van der Waals surface area contributed by atoms with Crippen molar-refractivity contribution in [2.75, 3.05) is 5.32 Å². The van der Waals surface area contributed by atoms with E-state index in [-0.39, 0.29) is 11.9 Å². The SMILES string of the molecule is CC(NC(=S)Nc1ccc(Br)c(Cl)c1)c1ccc(F)cc1. The number of anilines is 1. The molecule has 0 bridgehead atoms. The molecule has 2 aromatic rings. The molecule has 0 radical (unpaired) electrons. The normalized spacial score (nSPS) is 11.8. The fourth-order valence-corrected chi connectivity index (χ4v) is 2.49. The Morgan fingerprint density at radius 1 is 1.24 bits per heavy atom. The highest BCUT2D eigenvalue weighted by atomic mass is 79.9. The molecule has 0 amide bonds. The molecule has 21 heavy (non-hydrogen) atoms. The lowest BCUT2D eigenvalue weighted by atomic mass is 10.1. The lowest BCUT2D eigenvalue weighted by Crippen LogP contribution is -2.30. The lowest BCUT2D eigenvalue weighted by molar-refractivity contribution is 0.624. The third kappa shape index (κ3) is 4.66. The summed E-state index contributed by atoms with van der Waals surface area (Å²) in [7, 11) is 0. The van der Waals surface area contributed by atoms with Crippen LogP contribution in [0.15, 0.2) is 46.9 Å². The van der Waals surface area contributed by atoms with Crippen LogP contribution < -0.4 is 10.6 Å².